The highest BCUT2D eigenvalue weighted by molar-refractivity contribution is 5.99. The molecule has 0 aromatic heterocycles. The zero-order valence-electron chi connectivity index (χ0n) is 12.1. The fraction of sp³-hybridized carbons (Fsp3) is 0.176. The molecule has 0 fully saturated rings. The van der Waals surface area contributed by atoms with Crippen LogP contribution in [0.2, 0.25) is 0 Å². The van der Waals surface area contributed by atoms with Crippen LogP contribution in [-0.2, 0) is 11.3 Å². The van der Waals surface area contributed by atoms with E-state index in [2.05, 4.69) is 0 Å². The van der Waals surface area contributed by atoms with Crippen LogP contribution in [0.15, 0.2) is 42.5 Å². The van der Waals surface area contributed by atoms with Gasteiger partial charge >= 0.3 is 0 Å². The topological polar surface area (TPSA) is 37.4 Å². The van der Waals surface area contributed by atoms with E-state index in [1.807, 2.05) is 6.07 Å². The molecule has 3 nitrogen and oxygen atoms in total. The lowest BCUT2D eigenvalue weighted by molar-refractivity contribution is -0.118. The molecule has 0 saturated carbocycles. The van der Waals surface area contributed by atoms with E-state index in [-0.39, 0.29) is 18.9 Å². The fourth-order valence-corrected chi connectivity index (χ4v) is 2.22. The lowest BCUT2D eigenvalue weighted by Crippen LogP contribution is -2.28. The Bertz CT molecular complexity index is 681. The third-order valence-electron chi connectivity index (χ3n) is 3.25. The maximum atomic E-state index is 13.1. The highest BCUT2D eigenvalue weighted by Crippen LogP contribution is 2.12. The largest absolute Gasteiger partial charge is 0.333 e. The average Bonchev–Trinajstić information content (AvgIpc) is 2.45. The van der Waals surface area contributed by atoms with Gasteiger partial charge in [-0.15, -0.1) is 0 Å². The SMILES string of the molecule is Cc1ccccc1C(=O)CN(C=O)Cc1cc(F)cc(F)c1. The van der Waals surface area contributed by atoms with Gasteiger partial charge in [-0.2, -0.15) is 0 Å². The minimum absolute atomic E-state index is 0.0319. The Hall–Kier alpha value is -2.56. The Kier molecular flexibility index (Phi) is 4.99. The van der Waals surface area contributed by atoms with Crippen LogP contribution in [0.25, 0.3) is 0 Å². The van der Waals surface area contributed by atoms with Crippen LogP contribution in [-0.4, -0.2) is 23.6 Å². The molecule has 114 valence electrons. The van der Waals surface area contributed by atoms with Gasteiger partial charge in [0.15, 0.2) is 5.78 Å². The molecule has 0 N–H and O–H groups in total. The summed E-state index contributed by atoms with van der Waals surface area (Å²) in [5.74, 6) is -1.65. The zero-order valence-corrected chi connectivity index (χ0v) is 12.1. The van der Waals surface area contributed by atoms with Gasteiger partial charge < -0.3 is 4.90 Å². The standard InChI is InChI=1S/C17H15F2NO2/c1-12-4-2-3-5-16(12)17(22)10-20(11-21)9-13-6-14(18)8-15(19)7-13/h2-8,11H,9-10H2,1H3. The third kappa shape index (κ3) is 3.97. The van der Waals surface area contributed by atoms with E-state index in [1.165, 1.54) is 4.90 Å². The van der Waals surface area contributed by atoms with Crippen LogP contribution in [0.5, 0.6) is 0 Å². The third-order valence-corrected chi connectivity index (χ3v) is 3.25. The van der Waals surface area contributed by atoms with Crippen molar-refractivity contribution in [2.24, 2.45) is 0 Å². The van der Waals surface area contributed by atoms with Gasteiger partial charge in [-0.3, -0.25) is 9.59 Å². The molecular formula is C17H15F2NO2. The van der Waals surface area contributed by atoms with Gasteiger partial charge in [0.05, 0.1) is 6.54 Å². The van der Waals surface area contributed by atoms with Crippen molar-refractivity contribution in [3.05, 3.63) is 70.8 Å². The van der Waals surface area contributed by atoms with Gasteiger partial charge in [-0.05, 0) is 30.2 Å². The van der Waals surface area contributed by atoms with Crippen LogP contribution in [0.3, 0.4) is 0 Å². The molecule has 0 atom stereocenters. The number of hydrogen-bond acceptors (Lipinski definition) is 2. The van der Waals surface area contributed by atoms with Crippen LogP contribution in [0.1, 0.15) is 21.5 Å². The predicted octanol–water partition coefficient (Wildman–Crippen LogP) is 3.11. The summed E-state index contributed by atoms with van der Waals surface area (Å²) in [6, 6.07) is 10.1. The molecule has 22 heavy (non-hydrogen) atoms. The molecule has 2 aromatic rings. The zero-order chi connectivity index (χ0) is 16.1. The van der Waals surface area contributed by atoms with Crippen LogP contribution in [0, 0.1) is 18.6 Å². The van der Waals surface area contributed by atoms with E-state index in [0.717, 1.165) is 23.8 Å². The van der Waals surface area contributed by atoms with Crippen molar-refractivity contribution < 1.29 is 18.4 Å². The molecule has 0 unspecified atom stereocenters. The molecule has 0 aliphatic rings. The normalized spacial score (nSPS) is 10.3. The monoisotopic (exact) mass is 303 g/mol. The number of Topliss-reactive ketones (excluding diaryl/α,β-unsaturated/α-hetero) is 1. The van der Waals surface area contributed by atoms with E-state index < -0.39 is 11.6 Å². The molecule has 0 bridgehead atoms. The molecule has 2 rings (SSSR count). The quantitative estimate of drug-likeness (QED) is 0.607. The summed E-state index contributed by atoms with van der Waals surface area (Å²) in [6.07, 6.45) is 0.499. The second kappa shape index (κ2) is 6.93. The number of ketones is 1. The first-order chi connectivity index (χ1) is 10.5. The smallest absolute Gasteiger partial charge is 0.210 e. The first-order valence-electron chi connectivity index (χ1n) is 6.72. The van der Waals surface area contributed by atoms with Crippen molar-refractivity contribution in [1.29, 1.82) is 0 Å². The van der Waals surface area contributed by atoms with Gasteiger partial charge in [-0.1, -0.05) is 24.3 Å². The summed E-state index contributed by atoms with van der Waals surface area (Å²) >= 11 is 0. The average molecular weight is 303 g/mol. The number of nitrogens with zero attached hydrogens (tertiary/aromatic N) is 1. The minimum Gasteiger partial charge on any atom is -0.333 e. The van der Waals surface area contributed by atoms with E-state index >= 15 is 0 Å². The highest BCUT2D eigenvalue weighted by Gasteiger charge is 2.14. The summed E-state index contributed by atoms with van der Waals surface area (Å²) < 4.78 is 26.3. The second-order valence-electron chi connectivity index (χ2n) is 5.03. The summed E-state index contributed by atoms with van der Waals surface area (Å²) in [7, 11) is 0. The van der Waals surface area contributed by atoms with Gasteiger partial charge in [0.2, 0.25) is 6.41 Å². The summed E-state index contributed by atoms with van der Waals surface area (Å²) in [4.78, 5) is 24.5. The molecule has 0 aliphatic heterocycles. The molecule has 0 aliphatic carbocycles. The van der Waals surface area contributed by atoms with Gasteiger partial charge in [0.25, 0.3) is 0 Å². The number of carbonyl (C=O) groups excluding carboxylic acids is 2. The molecular weight excluding hydrogens is 288 g/mol. The summed E-state index contributed by atoms with van der Waals surface area (Å²) in [5.41, 5.74) is 1.64. The van der Waals surface area contributed by atoms with E-state index in [1.54, 1.807) is 25.1 Å². The Balaban J connectivity index is 2.11. The number of aryl methyl sites for hydroxylation is 1. The number of amides is 1. The van der Waals surface area contributed by atoms with Crippen molar-refractivity contribution in [3.8, 4) is 0 Å². The number of hydrogen-bond donors (Lipinski definition) is 0. The van der Waals surface area contributed by atoms with Crippen molar-refractivity contribution in [1.82, 2.24) is 4.90 Å². The lowest BCUT2D eigenvalue weighted by Gasteiger charge is -2.17. The van der Waals surface area contributed by atoms with Crippen molar-refractivity contribution in [3.63, 3.8) is 0 Å². The Morgan fingerprint density at radius 1 is 1.14 bits per heavy atom. The van der Waals surface area contributed by atoms with E-state index in [4.69, 9.17) is 0 Å². The molecule has 0 saturated heterocycles. The minimum atomic E-state index is -0.717. The first-order valence-corrected chi connectivity index (χ1v) is 6.72. The number of rotatable bonds is 6. The van der Waals surface area contributed by atoms with Gasteiger partial charge in [0, 0.05) is 18.2 Å². The first kappa shape index (κ1) is 15.8. The molecule has 5 heteroatoms. The maximum absolute atomic E-state index is 13.1. The predicted molar refractivity (Wildman–Crippen MR) is 78.3 cm³/mol. The van der Waals surface area contributed by atoms with Crippen LogP contribution in [0.4, 0.5) is 8.78 Å². The highest BCUT2D eigenvalue weighted by atomic mass is 19.1. The fourth-order valence-electron chi connectivity index (χ4n) is 2.22. The van der Waals surface area contributed by atoms with Gasteiger partial charge in [0.1, 0.15) is 11.6 Å². The molecule has 0 heterocycles. The summed E-state index contributed by atoms with van der Waals surface area (Å²) in [6.45, 7) is 1.63. The molecule has 2 aromatic carbocycles. The Labute approximate surface area is 127 Å². The number of carbonyl (C=O) groups is 2. The Morgan fingerprint density at radius 2 is 1.77 bits per heavy atom. The van der Waals surface area contributed by atoms with Crippen LogP contribution < -0.4 is 0 Å². The lowest BCUT2D eigenvalue weighted by atomic mass is 10.0. The van der Waals surface area contributed by atoms with Crippen molar-refractivity contribution >= 4 is 12.2 Å². The Morgan fingerprint density at radius 3 is 2.36 bits per heavy atom. The van der Waals surface area contributed by atoms with Crippen molar-refractivity contribution in [2.45, 2.75) is 13.5 Å². The maximum Gasteiger partial charge on any atom is 0.210 e. The van der Waals surface area contributed by atoms with Gasteiger partial charge in [-0.25, -0.2) is 8.78 Å². The summed E-state index contributed by atoms with van der Waals surface area (Å²) in [5, 5.41) is 0. The van der Waals surface area contributed by atoms with E-state index in [0.29, 0.717) is 17.5 Å². The molecule has 0 radical (unpaired) electrons. The second-order valence-corrected chi connectivity index (χ2v) is 5.03. The number of benzene rings is 2. The van der Waals surface area contributed by atoms with Crippen molar-refractivity contribution in [2.75, 3.05) is 6.54 Å². The molecule has 1 amide bonds. The number of halogens is 2. The molecule has 0 spiro atoms. The van der Waals surface area contributed by atoms with E-state index in [9.17, 15) is 18.4 Å². The van der Waals surface area contributed by atoms with Crippen LogP contribution >= 0.6 is 0 Å².